The van der Waals surface area contributed by atoms with Gasteiger partial charge in [-0.2, -0.15) is 9.97 Å². The van der Waals surface area contributed by atoms with E-state index in [4.69, 9.17) is 14.5 Å². The van der Waals surface area contributed by atoms with Crippen LogP contribution in [0, 0.1) is 5.92 Å². The van der Waals surface area contributed by atoms with E-state index in [1.165, 1.54) is 12.1 Å². The maximum Gasteiger partial charge on any atom is 0.421 e. The van der Waals surface area contributed by atoms with E-state index >= 15 is 0 Å². The second-order valence-electron chi connectivity index (χ2n) is 7.82. The largest absolute Gasteiger partial charge is 0.463 e. The van der Waals surface area contributed by atoms with Crippen molar-refractivity contribution in [2.24, 2.45) is 13.0 Å². The molecule has 0 saturated carbocycles. The zero-order valence-corrected chi connectivity index (χ0v) is 19.6. The summed E-state index contributed by atoms with van der Waals surface area (Å²) in [7, 11) is -5.75. The first-order valence-corrected chi connectivity index (χ1v) is 13.3. The molecule has 176 valence electrons. The minimum atomic E-state index is -4.88. The number of aryl methyl sites for hydroxylation is 1. The lowest BCUT2D eigenvalue weighted by molar-refractivity contribution is 0.202. The normalized spacial score (nSPS) is 16.5. The standard InChI is InChI=1S/C19H24N6O6P2/c1-25-11-21-15-16(23-18(24-17(15)25)31-10-12-6-8-20-9-7-12)22-13-2-4-14(5-3-13)32(27)19(26)33(28,29)30/h2-5,11-12,19-20,26H,6-10H2,1H3,(H2-,22,23,24,28,29,30)/p+1. The Labute approximate surface area is 190 Å². The molecule has 2 unspecified atom stereocenters. The number of aliphatic hydroxyl groups excluding tert-OH is 1. The second-order valence-corrected chi connectivity index (χ2v) is 11.6. The molecule has 1 saturated heterocycles. The van der Waals surface area contributed by atoms with E-state index < -0.39 is 21.0 Å². The predicted molar refractivity (Wildman–Crippen MR) is 122 cm³/mol. The summed E-state index contributed by atoms with van der Waals surface area (Å²) in [4.78, 5) is 31.4. The third kappa shape index (κ3) is 5.55. The Balaban J connectivity index is 1.53. The molecule has 33 heavy (non-hydrogen) atoms. The maximum atomic E-state index is 12.2. The fourth-order valence-corrected chi connectivity index (χ4v) is 5.68. The van der Waals surface area contributed by atoms with Crippen molar-refractivity contribution < 1.29 is 28.8 Å². The van der Waals surface area contributed by atoms with Gasteiger partial charge in [0.2, 0.25) is 0 Å². The molecular formula is C19H25N6O6P2+. The smallest absolute Gasteiger partial charge is 0.421 e. The van der Waals surface area contributed by atoms with Crippen molar-refractivity contribution in [2.45, 2.75) is 18.4 Å². The van der Waals surface area contributed by atoms with Gasteiger partial charge in [0.05, 0.1) is 12.9 Å². The molecule has 0 aliphatic carbocycles. The van der Waals surface area contributed by atoms with E-state index in [2.05, 4.69) is 25.6 Å². The first-order valence-electron chi connectivity index (χ1n) is 10.3. The van der Waals surface area contributed by atoms with Gasteiger partial charge in [-0.1, -0.05) is 4.57 Å². The molecule has 0 spiro atoms. The zero-order chi connectivity index (χ0) is 23.6. The van der Waals surface area contributed by atoms with Crippen molar-refractivity contribution in [1.29, 1.82) is 0 Å². The van der Waals surface area contributed by atoms with Gasteiger partial charge in [0, 0.05) is 12.7 Å². The predicted octanol–water partition coefficient (Wildman–Crippen LogP) is 1.39. The van der Waals surface area contributed by atoms with E-state index in [9.17, 15) is 14.2 Å². The molecule has 0 bridgehead atoms. The first kappa shape index (κ1) is 23.7. The quantitative estimate of drug-likeness (QED) is 0.286. The number of nitrogens with one attached hydrogen (secondary N) is 2. The number of imidazole rings is 1. The molecule has 2 atom stereocenters. The number of rotatable bonds is 8. The molecular weight excluding hydrogens is 470 g/mol. The van der Waals surface area contributed by atoms with Gasteiger partial charge in [0.1, 0.15) is 0 Å². The van der Waals surface area contributed by atoms with E-state index in [0.717, 1.165) is 25.9 Å². The van der Waals surface area contributed by atoms with Crippen LogP contribution in [0.5, 0.6) is 6.01 Å². The van der Waals surface area contributed by atoms with Crippen molar-refractivity contribution >= 4 is 43.4 Å². The summed E-state index contributed by atoms with van der Waals surface area (Å²) in [5.74, 6) is 0.861. The maximum absolute atomic E-state index is 12.2. The molecule has 3 aromatic rings. The zero-order valence-electron chi connectivity index (χ0n) is 17.8. The van der Waals surface area contributed by atoms with Crippen LogP contribution in [0.25, 0.3) is 11.2 Å². The number of hydrogen-bond donors (Lipinski definition) is 5. The number of anilines is 2. The molecule has 1 aromatic carbocycles. The van der Waals surface area contributed by atoms with Crippen LogP contribution in [0.15, 0.2) is 30.6 Å². The Kier molecular flexibility index (Phi) is 7.04. The summed E-state index contributed by atoms with van der Waals surface area (Å²) < 4.78 is 31.0. The third-order valence-electron chi connectivity index (χ3n) is 5.34. The lowest BCUT2D eigenvalue weighted by atomic mass is 9.99. The Morgan fingerprint density at radius 2 is 1.97 bits per heavy atom. The van der Waals surface area contributed by atoms with Gasteiger partial charge in [0.25, 0.3) is 0 Å². The minimum Gasteiger partial charge on any atom is -0.463 e. The van der Waals surface area contributed by atoms with Gasteiger partial charge in [-0.3, -0.25) is 4.57 Å². The van der Waals surface area contributed by atoms with Crippen LogP contribution >= 0.6 is 15.4 Å². The van der Waals surface area contributed by atoms with Crippen LogP contribution in [-0.2, 0) is 16.2 Å². The SMILES string of the molecule is Cn1cnc2c(Nc3ccc([P+](=O)C(O)P(=O)(O)O)cc3)nc(OCC3CCNCC3)nc21. The molecule has 3 heterocycles. The van der Waals surface area contributed by atoms with Gasteiger partial charge in [-0.25, -0.2) is 4.98 Å². The van der Waals surface area contributed by atoms with E-state index in [0.29, 0.717) is 35.2 Å². The van der Waals surface area contributed by atoms with Crippen LogP contribution < -0.4 is 20.7 Å². The van der Waals surface area contributed by atoms with Crippen molar-refractivity contribution in [2.75, 3.05) is 25.0 Å². The molecule has 4 rings (SSSR count). The Morgan fingerprint density at radius 1 is 1.27 bits per heavy atom. The van der Waals surface area contributed by atoms with Gasteiger partial charge in [0.15, 0.2) is 22.3 Å². The number of aromatic nitrogens is 4. The van der Waals surface area contributed by atoms with Crippen molar-refractivity contribution in [1.82, 2.24) is 24.8 Å². The van der Waals surface area contributed by atoms with Crippen LogP contribution in [0.3, 0.4) is 0 Å². The lowest BCUT2D eigenvalue weighted by Gasteiger charge is -2.22. The highest BCUT2D eigenvalue weighted by molar-refractivity contribution is 7.70. The van der Waals surface area contributed by atoms with E-state index in [-0.39, 0.29) is 11.3 Å². The fourth-order valence-electron chi connectivity index (χ4n) is 3.48. The van der Waals surface area contributed by atoms with Gasteiger partial charge < -0.3 is 34.8 Å². The number of hydrogen-bond acceptors (Lipinski definition) is 9. The van der Waals surface area contributed by atoms with Gasteiger partial charge in [-0.05, 0) is 56.1 Å². The number of benzene rings is 1. The molecule has 0 amide bonds. The number of aliphatic hydroxyl groups is 1. The Hall–Kier alpha value is -2.46. The molecule has 1 aliphatic rings. The van der Waals surface area contributed by atoms with Crippen molar-refractivity contribution in [3.63, 3.8) is 0 Å². The van der Waals surface area contributed by atoms with Crippen molar-refractivity contribution in [3.05, 3.63) is 30.6 Å². The van der Waals surface area contributed by atoms with Crippen LogP contribution in [0.1, 0.15) is 12.8 Å². The lowest BCUT2D eigenvalue weighted by Crippen LogP contribution is -2.30. The molecule has 2 aromatic heterocycles. The number of fused-ring (bicyclic) bond motifs is 1. The van der Waals surface area contributed by atoms with Gasteiger partial charge >= 0.3 is 27.0 Å². The summed E-state index contributed by atoms with van der Waals surface area (Å²) >= 11 is 0. The molecule has 0 radical (unpaired) electrons. The molecule has 12 nitrogen and oxygen atoms in total. The minimum absolute atomic E-state index is 0.114. The highest BCUT2D eigenvalue weighted by Gasteiger charge is 2.45. The second kappa shape index (κ2) is 9.80. The number of piperidine rings is 1. The third-order valence-corrected chi connectivity index (χ3v) is 8.70. The first-order chi connectivity index (χ1) is 15.7. The number of nitrogens with zero attached hydrogens (tertiary/aromatic N) is 4. The Bertz CT molecular complexity index is 1190. The summed E-state index contributed by atoms with van der Waals surface area (Å²) in [5.41, 5.74) is -0.542. The highest BCUT2D eigenvalue weighted by Crippen LogP contribution is 2.51. The summed E-state index contributed by atoms with van der Waals surface area (Å²) in [6.45, 7) is 2.46. The number of ether oxygens (including phenoxy) is 1. The average Bonchev–Trinajstić information content (AvgIpc) is 3.18. The Morgan fingerprint density at radius 3 is 2.64 bits per heavy atom. The van der Waals surface area contributed by atoms with Crippen LogP contribution in [0.4, 0.5) is 11.5 Å². The van der Waals surface area contributed by atoms with Crippen molar-refractivity contribution in [3.8, 4) is 6.01 Å². The topological polar surface area (TPSA) is 172 Å². The van der Waals surface area contributed by atoms with E-state index in [1.54, 1.807) is 23.0 Å². The molecule has 5 N–H and O–H groups in total. The van der Waals surface area contributed by atoms with E-state index in [1.807, 2.05) is 7.05 Å². The van der Waals surface area contributed by atoms with Crippen LogP contribution in [-0.4, -0.2) is 59.7 Å². The monoisotopic (exact) mass is 495 g/mol. The molecule has 1 fully saturated rings. The fraction of sp³-hybridized carbons (Fsp3) is 0.421. The average molecular weight is 495 g/mol. The van der Waals surface area contributed by atoms with Crippen LogP contribution in [0.2, 0.25) is 0 Å². The summed E-state index contributed by atoms with van der Waals surface area (Å²) in [6, 6.07) is 6.22. The molecule has 1 aliphatic heterocycles. The summed E-state index contributed by atoms with van der Waals surface area (Å²) in [6.07, 6.45) is 3.69. The van der Waals surface area contributed by atoms with Gasteiger partial charge in [-0.15, -0.1) is 0 Å². The highest BCUT2D eigenvalue weighted by atomic mass is 31.2. The summed E-state index contributed by atoms with van der Waals surface area (Å²) in [5, 5.41) is 16.2. The molecule has 14 heteroatoms.